The quantitative estimate of drug-likeness (QED) is 0.350. The Bertz CT molecular complexity index is 152. The van der Waals surface area contributed by atoms with E-state index in [1.165, 1.54) is 12.2 Å². The highest BCUT2D eigenvalue weighted by Crippen LogP contribution is 2.03. The summed E-state index contributed by atoms with van der Waals surface area (Å²) in [6.45, 7) is 0. The molecular weight excluding hydrogens is 156 g/mol. The van der Waals surface area contributed by atoms with Crippen molar-refractivity contribution in [1.29, 1.82) is 0 Å². The molecule has 1 N–H and O–H groups in total. The molecule has 0 fully saturated rings. The number of unbranched alkanes of at least 4 members (excludes halogenated alkanes) is 2. The minimum atomic E-state index is -0.554. The lowest BCUT2D eigenvalue weighted by molar-refractivity contribution is -0.108. The molecule has 0 heterocycles. The molecule has 0 aromatic heterocycles. The summed E-state index contributed by atoms with van der Waals surface area (Å²) >= 11 is 0. The van der Waals surface area contributed by atoms with Crippen LogP contribution in [-0.4, -0.2) is 23.8 Å². The monoisotopic (exact) mass is 170 g/mol. The number of hydrogen-bond acceptors (Lipinski definition) is 3. The van der Waals surface area contributed by atoms with Gasteiger partial charge in [0.1, 0.15) is 12.6 Å². The van der Waals surface area contributed by atoms with E-state index in [-0.39, 0.29) is 0 Å². The third-order valence-electron chi connectivity index (χ3n) is 1.48. The van der Waals surface area contributed by atoms with E-state index in [4.69, 9.17) is 5.11 Å². The van der Waals surface area contributed by atoms with E-state index in [2.05, 4.69) is 0 Å². The van der Waals surface area contributed by atoms with Crippen molar-refractivity contribution in [3.05, 3.63) is 12.2 Å². The van der Waals surface area contributed by atoms with Crippen LogP contribution in [-0.2, 0) is 9.59 Å². The van der Waals surface area contributed by atoms with Crippen molar-refractivity contribution in [3.63, 3.8) is 0 Å². The van der Waals surface area contributed by atoms with Gasteiger partial charge in [0.25, 0.3) is 0 Å². The summed E-state index contributed by atoms with van der Waals surface area (Å²) < 4.78 is 0. The highest BCUT2D eigenvalue weighted by molar-refractivity contribution is 5.64. The summed E-state index contributed by atoms with van der Waals surface area (Å²) in [5, 5.41) is 9.15. The van der Waals surface area contributed by atoms with Crippen molar-refractivity contribution in [3.8, 4) is 0 Å². The third kappa shape index (κ3) is 7.15. The van der Waals surface area contributed by atoms with Crippen molar-refractivity contribution >= 4 is 12.6 Å². The predicted molar refractivity (Wildman–Crippen MR) is 45.7 cm³/mol. The number of carbonyl (C=O) groups is 2. The van der Waals surface area contributed by atoms with E-state index < -0.39 is 6.10 Å². The largest absolute Gasteiger partial charge is 0.389 e. The van der Waals surface area contributed by atoms with E-state index in [1.807, 2.05) is 0 Å². The summed E-state index contributed by atoms with van der Waals surface area (Å²) in [6, 6.07) is 0. The molecule has 0 saturated heterocycles. The van der Waals surface area contributed by atoms with Crippen molar-refractivity contribution < 1.29 is 14.7 Å². The van der Waals surface area contributed by atoms with Gasteiger partial charge in [-0.15, -0.1) is 0 Å². The Kier molecular flexibility index (Phi) is 7.49. The maximum Gasteiger partial charge on any atom is 0.142 e. The highest BCUT2D eigenvalue weighted by Gasteiger charge is 1.97. The first-order chi connectivity index (χ1) is 5.81. The van der Waals surface area contributed by atoms with Crippen LogP contribution in [0.1, 0.15) is 25.7 Å². The zero-order chi connectivity index (χ0) is 9.23. The Morgan fingerprint density at radius 3 is 2.58 bits per heavy atom. The van der Waals surface area contributed by atoms with Gasteiger partial charge in [-0.3, -0.25) is 4.79 Å². The van der Waals surface area contributed by atoms with Crippen molar-refractivity contribution in [2.45, 2.75) is 31.8 Å². The molecule has 0 aromatic carbocycles. The standard InChI is InChI=1S/C9H14O3/c10-7-3-1-2-5-9(12)6-4-8-11/h4,6-9,12H,1-3,5H2/b6-4+. The first kappa shape index (κ1) is 11.0. The number of aliphatic hydroxyl groups is 1. The van der Waals surface area contributed by atoms with Crippen LogP contribution >= 0.6 is 0 Å². The Hall–Kier alpha value is -0.960. The molecular formula is C9H14O3. The summed E-state index contributed by atoms with van der Waals surface area (Å²) in [4.78, 5) is 19.7. The lowest BCUT2D eigenvalue weighted by Gasteiger charge is -2.02. The number of aldehydes is 2. The van der Waals surface area contributed by atoms with Crippen LogP contribution in [0.15, 0.2) is 12.2 Å². The van der Waals surface area contributed by atoms with Gasteiger partial charge in [0, 0.05) is 6.42 Å². The lowest BCUT2D eigenvalue weighted by atomic mass is 10.1. The van der Waals surface area contributed by atoms with E-state index >= 15 is 0 Å². The van der Waals surface area contributed by atoms with Crippen molar-refractivity contribution in [2.75, 3.05) is 0 Å². The van der Waals surface area contributed by atoms with Crippen LogP contribution in [0.5, 0.6) is 0 Å². The average molecular weight is 170 g/mol. The third-order valence-corrected chi connectivity index (χ3v) is 1.48. The fourth-order valence-electron chi connectivity index (χ4n) is 0.851. The molecule has 1 unspecified atom stereocenters. The number of aliphatic hydroxyl groups excluding tert-OH is 1. The van der Waals surface area contributed by atoms with E-state index in [9.17, 15) is 9.59 Å². The van der Waals surface area contributed by atoms with Gasteiger partial charge >= 0.3 is 0 Å². The molecule has 0 aromatic rings. The SMILES string of the molecule is O=C/C=C/C(O)CCCCC=O. The molecule has 0 aliphatic carbocycles. The lowest BCUT2D eigenvalue weighted by Crippen LogP contribution is -2.01. The molecule has 3 nitrogen and oxygen atoms in total. The van der Waals surface area contributed by atoms with Gasteiger partial charge in [-0.25, -0.2) is 0 Å². The van der Waals surface area contributed by atoms with E-state index in [1.54, 1.807) is 0 Å². The molecule has 0 bridgehead atoms. The summed E-state index contributed by atoms with van der Waals surface area (Å²) in [5.74, 6) is 0. The topological polar surface area (TPSA) is 54.4 Å². The second-order valence-corrected chi connectivity index (χ2v) is 2.54. The molecule has 0 spiro atoms. The smallest absolute Gasteiger partial charge is 0.142 e. The molecule has 0 aliphatic heterocycles. The maximum atomic E-state index is 9.90. The predicted octanol–water partition coefficient (Wildman–Crippen LogP) is 0.862. The maximum absolute atomic E-state index is 9.90. The van der Waals surface area contributed by atoms with Gasteiger partial charge in [-0.05, 0) is 18.9 Å². The molecule has 0 radical (unpaired) electrons. The Morgan fingerprint density at radius 2 is 2.00 bits per heavy atom. The zero-order valence-electron chi connectivity index (χ0n) is 6.98. The Morgan fingerprint density at radius 1 is 1.25 bits per heavy atom. The number of carbonyl (C=O) groups excluding carboxylic acids is 2. The van der Waals surface area contributed by atoms with Crippen molar-refractivity contribution in [2.24, 2.45) is 0 Å². The van der Waals surface area contributed by atoms with Gasteiger partial charge in [0.05, 0.1) is 6.10 Å². The molecule has 68 valence electrons. The highest BCUT2D eigenvalue weighted by atomic mass is 16.3. The number of allylic oxidation sites excluding steroid dienone is 1. The molecule has 0 saturated carbocycles. The Labute approximate surface area is 72.1 Å². The zero-order valence-corrected chi connectivity index (χ0v) is 6.98. The van der Waals surface area contributed by atoms with Gasteiger partial charge in [0.2, 0.25) is 0 Å². The molecule has 12 heavy (non-hydrogen) atoms. The molecule has 0 rings (SSSR count). The van der Waals surface area contributed by atoms with Crippen LogP contribution in [0.4, 0.5) is 0 Å². The van der Waals surface area contributed by atoms with E-state index in [0.29, 0.717) is 19.1 Å². The van der Waals surface area contributed by atoms with Crippen LogP contribution in [0.3, 0.4) is 0 Å². The Balaban J connectivity index is 3.30. The van der Waals surface area contributed by atoms with Gasteiger partial charge in [0.15, 0.2) is 0 Å². The fraction of sp³-hybridized carbons (Fsp3) is 0.556. The second kappa shape index (κ2) is 8.14. The van der Waals surface area contributed by atoms with Crippen LogP contribution in [0.25, 0.3) is 0 Å². The minimum Gasteiger partial charge on any atom is -0.389 e. The van der Waals surface area contributed by atoms with Gasteiger partial charge in [-0.2, -0.15) is 0 Å². The minimum absolute atomic E-state index is 0.546. The summed E-state index contributed by atoms with van der Waals surface area (Å²) in [6.07, 6.45) is 6.45. The normalized spacial score (nSPS) is 13.1. The van der Waals surface area contributed by atoms with Crippen LogP contribution < -0.4 is 0 Å². The second-order valence-electron chi connectivity index (χ2n) is 2.54. The van der Waals surface area contributed by atoms with Crippen LogP contribution in [0, 0.1) is 0 Å². The first-order valence-electron chi connectivity index (χ1n) is 4.05. The molecule has 0 aliphatic rings. The molecule has 0 amide bonds. The average Bonchev–Trinajstić information content (AvgIpc) is 2.09. The summed E-state index contributed by atoms with van der Waals surface area (Å²) in [5.41, 5.74) is 0. The number of hydrogen-bond donors (Lipinski definition) is 1. The van der Waals surface area contributed by atoms with Crippen LogP contribution in [0.2, 0.25) is 0 Å². The summed E-state index contributed by atoms with van der Waals surface area (Å²) in [7, 11) is 0. The molecule has 3 heteroatoms. The molecule has 1 atom stereocenters. The van der Waals surface area contributed by atoms with E-state index in [0.717, 1.165) is 19.1 Å². The van der Waals surface area contributed by atoms with Crippen molar-refractivity contribution in [1.82, 2.24) is 0 Å². The van der Waals surface area contributed by atoms with Gasteiger partial charge in [-0.1, -0.05) is 12.5 Å². The first-order valence-corrected chi connectivity index (χ1v) is 4.05. The number of rotatable bonds is 7. The van der Waals surface area contributed by atoms with Gasteiger partial charge < -0.3 is 9.90 Å². The fourth-order valence-corrected chi connectivity index (χ4v) is 0.851.